The lowest BCUT2D eigenvalue weighted by Gasteiger charge is -2.50. The molecule has 21 heavy (non-hydrogen) atoms. The highest BCUT2D eigenvalue weighted by Gasteiger charge is 2.48. The van der Waals surface area contributed by atoms with Gasteiger partial charge in [0.05, 0.1) is 6.10 Å². The molecule has 0 aromatic heterocycles. The number of likely N-dealkylation sites (tertiary alicyclic amines) is 1. The van der Waals surface area contributed by atoms with E-state index in [0.717, 1.165) is 5.92 Å². The summed E-state index contributed by atoms with van der Waals surface area (Å²) in [6.45, 7) is 4.80. The molecule has 2 saturated carbocycles. The van der Waals surface area contributed by atoms with E-state index in [1.807, 2.05) is 0 Å². The Hall–Kier alpha value is -0.0800. The Bertz CT molecular complexity index is 318. The lowest BCUT2D eigenvalue weighted by atomic mass is 9.71. The molecule has 2 nitrogen and oxygen atoms in total. The molecule has 0 radical (unpaired) electrons. The molecule has 3 fully saturated rings. The fraction of sp³-hybridized carbons (Fsp3) is 1.00. The number of aliphatic hydroxyl groups is 1. The second-order valence-corrected chi connectivity index (χ2v) is 8.00. The number of rotatable bonds is 4. The maximum absolute atomic E-state index is 11.3. The number of hydrogen-bond donors (Lipinski definition) is 1. The monoisotopic (exact) mass is 293 g/mol. The van der Waals surface area contributed by atoms with Crippen molar-refractivity contribution in [1.82, 2.24) is 4.90 Å². The van der Waals surface area contributed by atoms with Crippen LogP contribution in [-0.4, -0.2) is 34.7 Å². The molecule has 0 aromatic carbocycles. The summed E-state index contributed by atoms with van der Waals surface area (Å²) in [6, 6.07) is 0. The molecule has 122 valence electrons. The molecule has 2 heteroatoms. The van der Waals surface area contributed by atoms with Gasteiger partial charge in [-0.05, 0) is 63.5 Å². The smallest absolute Gasteiger partial charge is 0.0752 e. The molecule has 0 spiro atoms. The van der Waals surface area contributed by atoms with Crippen molar-refractivity contribution in [2.75, 3.05) is 13.1 Å². The highest BCUT2D eigenvalue weighted by molar-refractivity contribution is 5.03. The van der Waals surface area contributed by atoms with Gasteiger partial charge in [-0.3, -0.25) is 4.90 Å². The molecule has 1 saturated heterocycles. The van der Waals surface area contributed by atoms with Crippen molar-refractivity contribution in [3.63, 3.8) is 0 Å². The van der Waals surface area contributed by atoms with Crippen LogP contribution in [0.4, 0.5) is 0 Å². The summed E-state index contributed by atoms with van der Waals surface area (Å²) in [6.07, 6.45) is 15.8. The van der Waals surface area contributed by atoms with Crippen LogP contribution in [0, 0.1) is 11.8 Å². The van der Waals surface area contributed by atoms with Gasteiger partial charge in [-0.1, -0.05) is 45.4 Å². The summed E-state index contributed by atoms with van der Waals surface area (Å²) in [5, 5.41) is 11.3. The predicted octanol–water partition coefficient (Wildman–Crippen LogP) is 4.36. The van der Waals surface area contributed by atoms with Crippen LogP contribution in [0.5, 0.6) is 0 Å². The quantitative estimate of drug-likeness (QED) is 0.832. The summed E-state index contributed by atoms with van der Waals surface area (Å²) in [4.78, 5) is 2.71. The summed E-state index contributed by atoms with van der Waals surface area (Å²) >= 11 is 0. The zero-order chi connectivity index (χ0) is 14.7. The van der Waals surface area contributed by atoms with E-state index in [-0.39, 0.29) is 11.6 Å². The molecule has 3 unspecified atom stereocenters. The minimum Gasteiger partial charge on any atom is -0.391 e. The first-order chi connectivity index (χ1) is 10.3. The van der Waals surface area contributed by atoms with Crippen molar-refractivity contribution in [2.45, 2.75) is 95.6 Å². The largest absolute Gasteiger partial charge is 0.391 e. The highest BCUT2D eigenvalue weighted by atomic mass is 16.3. The Morgan fingerprint density at radius 3 is 2.38 bits per heavy atom. The summed E-state index contributed by atoms with van der Waals surface area (Å²) in [7, 11) is 0. The van der Waals surface area contributed by atoms with Gasteiger partial charge in [0, 0.05) is 5.54 Å². The number of nitrogens with zero attached hydrogens (tertiary/aromatic N) is 1. The van der Waals surface area contributed by atoms with E-state index in [0.29, 0.717) is 5.92 Å². The third kappa shape index (κ3) is 3.17. The maximum Gasteiger partial charge on any atom is 0.0752 e. The first-order valence-electron chi connectivity index (χ1n) is 9.69. The third-order valence-electron chi connectivity index (χ3n) is 6.85. The Labute approximate surface area is 131 Å². The van der Waals surface area contributed by atoms with Crippen molar-refractivity contribution in [3.8, 4) is 0 Å². The molecule has 3 atom stereocenters. The van der Waals surface area contributed by atoms with Gasteiger partial charge in [-0.25, -0.2) is 0 Å². The average Bonchev–Trinajstić information content (AvgIpc) is 3.06. The van der Waals surface area contributed by atoms with Crippen LogP contribution in [0.25, 0.3) is 0 Å². The third-order valence-corrected chi connectivity index (χ3v) is 6.85. The maximum atomic E-state index is 11.3. The standard InChI is InChI=1S/C19H35NO/c1-2-16-9-8-10-17(15-16)18(21)19(11-4-5-12-19)20-13-6-3-7-14-20/h16-18,21H,2-15H2,1H3. The number of hydrogen-bond acceptors (Lipinski definition) is 2. The van der Waals surface area contributed by atoms with Crippen molar-refractivity contribution in [3.05, 3.63) is 0 Å². The van der Waals surface area contributed by atoms with Crippen LogP contribution in [0.15, 0.2) is 0 Å². The van der Waals surface area contributed by atoms with Crippen LogP contribution >= 0.6 is 0 Å². The van der Waals surface area contributed by atoms with Crippen LogP contribution in [0.1, 0.15) is 84.0 Å². The molecule has 0 bridgehead atoms. The molecule has 0 amide bonds. The second-order valence-electron chi connectivity index (χ2n) is 8.00. The van der Waals surface area contributed by atoms with Crippen molar-refractivity contribution >= 4 is 0 Å². The zero-order valence-electron chi connectivity index (χ0n) is 14.0. The lowest BCUT2D eigenvalue weighted by molar-refractivity contribution is -0.0775. The normalized spacial score (nSPS) is 35.7. The van der Waals surface area contributed by atoms with Gasteiger partial charge >= 0.3 is 0 Å². The van der Waals surface area contributed by atoms with E-state index >= 15 is 0 Å². The van der Waals surface area contributed by atoms with E-state index in [1.54, 1.807) is 0 Å². The zero-order valence-corrected chi connectivity index (χ0v) is 14.0. The van der Waals surface area contributed by atoms with Gasteiger partial charge in [-0.2, -0.15) is 0 Å². The molecule has 3 rings (SSSR count). The molecular formula is C19H35NO. The van der Waals surface area contributed by atoms with E-state index < -0.39 is 0 Å². The predicted molar refractivity (Wildman–Crippen MR) is 88.4 cm³/mol. The topological polar surface area (TPSA) is 23.5 Å². The Kier molecular flexibility index (Phi) is 5.27. The first-order valence-corrected chi connectivity index (χ1v) is 9.69. The average molecular weight is 293 g/mol. The number of piperidine rings is 1. The van der Waals surface area contributed by atoms with Crippen molar-refractivity contribution < 1.29 is 5.11 Å². The second kappa shape index (κ2) is 7.00. The minimum absolute atomic E-state index is 0.0625. The van der Waals surface area contributed by atoms with Gasteiger partial charge in [0.25, 0.3) is 0 Å². The highest BCUT2D eigenvalue weighted by Crippen LogP contribution is 2.45. The van der Waals surface area contributed by atoms with Gasteiger partial charge in [0.2, 0.25) is 0 Å². The van der Waals surface area contributed by atoms with E-state index in [1.165, 1.54) is 90.1 Å². The molecular weight excluding hydrogens is 258 g/mol. The summed E-state index contributed by atoms with van der Waals surface area (Å²) in [5.41, 5.74) is 0.153. The van der Waals surface area contributed by atoms with Gasteiger partial charge in [0.15, 0.2) is 0 Å². The Morgan fingerprint density at radius 1 is 1.00 bits per heavy atom. The van der Waals surface area contributed by atoms with Crippen molar-refractivity contribution in [1.29, 1.82) is 0 Å². The summed E-state index contributed by atoms with van der Waals surface area (Å²) in [5.74, 6) is 1.45. The van der Waals surface area contributed by atoms with Crippen LogP contribution in [0.3, 0.4) is 0 Å². The molecule has 2 aliphatic carbocycles. The van der Waals surface area contributed by atoms with Gasteiger partial charge < -0.3 is 5.11 Å². The molecule has 1 N–H and O–H groups in total. The molecule has 0 aromatic rings. The molecule has 1 heterocycles. The summed E-state index contributed by atoms with van der Waals surface area (Å²) < 4.78 is 0. The lowest BCUT2D eigenvalue weighted by Crippen LogP contribution is -2.59. The SMILES string of the molecule is CCC1CCCC(C(O)C2(N3CCCCC3)CCCC2)C1. The van der Waals surface area contributed by atoms with Crippen molar-refractivity contribution in [2.24, 2.45) is 11.8 Å². The van der Waals surface area contributed by atoms with Crippen LogP contribution in [0.2, 0.25) is 0 Å². The van der Waals surface area contributed by atoms with Crippen LogP contribution < -0.4 is 0 Å². The Morgan fingerprint density at radius 2 is 1.71 bits per heavy atom. The van der Waals surface area contributed by atoms with Crippen LogP contribution in [-0.2, 0) is 0 Å². The molecule has 1 aliphatic heterocycles. The minimum atomic E-state index is -0.0625. The van der Waals surface area contributed by atoms with Gasteiger partial charge in [-0.15, -0.1) is 0 Å². The fourth-order valence-electron chi connectivity index (χ4n) is 5.55. The molecule has 3 aliphatic rings. The van der Waals surface area contributed by atoms with E-state index in [9.17, 15) is 5.11 Å². The fourth-order valence-corrected chi connectivity index (χ4v) is 5.55. The Balaban J connectivity index is 1.73. The van der Waals surface area contributed by atoms with E-state index in [4.69, 9.17) is 0 Å². The first kappa shape index (κ1) is 15.8. The van der Waals surface area contributed by atoms with Gasteiger partial charge in [0.1, 0.15) is 0 Å². The number of aliphatic hydroxyl groups excluding tert-OH is 1. The van der Waals surface area contributed by atoms with E-state index in [2.05, 4.69) is 11.8 Å².